The zero-order valence-electron chi connectivity index (χ0n) is 10.9. The topological polar surface area (TPSA) is 35.5 Å². The van der Waals surface area contributed by atoms with Crippen molar-refractivity contribution in [3.05, 3.63) is 29.3 Å². The first kappa shape index (κ1) is 13.6. The molecule has 0 N–H and O–H groups in total. The van der Waals surface area contributed by atoms with Gasteiger partial charge in [0.15, 0.2) is 6.10 Å². The van der Waals surface area contributed by atoms with Crippen LogP contribution in [0.15, 0.2) is 18.2 Å². The fraction of sp³-hybridized carbons (Fsp3) is 0.500. The van der Waals surface area contributed by atoms with Crippen LogP contribution in [0.1, 0.15) is 31.4 Å². The summed E-state index contributed by atoms with van der Waals surface area (Å²) in [6, 6.07) is 6.00. The highest BCUT2D eigenvalue weighted by Crippen LogP contribution is 2.28. The summed E-state index contributed by atoms with van der Waals surface area (Å²) in [5.74, 6) is 0.517. The Balaban J connectivity index is 0.000000686. The standard InChI is InChI=1S/C12H14O3.C2H6/c1-8-3-5-10-9(7-8)4-6-11(15-10)12(13)14-2;1-2/h3,5,7,11H,4,6H2,1-2H3;1-2H3. The normalized spacial score (nSPS) is 17.1. The van der Waals surface area contributed by atoms with Crippen molar-refractivity contribution < 1.29 is 14.3 Å². The Hall–Kier alpha value is -1.51. The summed E-state index contributed by atoms with van der Waals surface area (Å²) in [4.78, 5) is 11.3. The second kappa shape index (κ2) is 6.28. The molecule has 0 amide bonds. The lowest BCUT2D eigenvalue weighted by Crippen LogP contribution is -2.32. The van der Waals surface area contributed by atoms with Gasteiger partial charge in [-0.15, -0.1) is 0 Å². The van der Waals surface area contributed by atoms with Gasteiger partial charge in [0, 0.05) is 0 Å². The predicted octanol–water partition coefficient (Wildman–Crippen LogP) is 2.89. The largest absolute Gasteiger partial charge is 0.478 e. The Morgan fingerprint density at radius 2 is 2.12 bits per heavy atom. The van der Waals surface area contributed by atoms with E-state index in [2.05, 4.69) is 10.8 Å². The van der Waals surface area contributed by atoms with Crippen LogP contribution < -0.4 is 4.74 Å². The number of carbonyl (C=O) groups is 1. The van der Waals surface area contributed by atoms with Crippen LogP contribution in [0, 0.1) is 6.92 Å². The molecular formula is C14H20O3. The molecule has 1 unspecified atom stereocenters. The van der Waals surface area contributed by atoms with Crippen LogP contribution in [0.2, 0.25) is 0 Å². The number of carbonyl (C=O) groups excluding carboxylic acids is 1. The third-order valence-corrected chi connectivity index (χ3v) is 2.63. The Morgan fingerprint density at radius 3 is 2.76 bits per heavy atom. The van der Waals surface area contributed by atoms with E-state index >= 15 is 0 Å². The fourth-order valence-corrected chi connectivity index (χ4v) is 1.81. The van der Waals surface area contributed by atoms with Crippen LogP contribution in [-0.4, -0.2) is 19.2 Å². The van der Waals surface area contributed by atoms with E-state index < -0.39 is 6.10 Å². The molecule has 1 atom stereocenters. The molecule has 3 heteroatoms. The number of hydrogen-bond donors (Lipinski definition) is 0. The van der Waals surface area contributed by atoms with Crippen molar-refractivity contribution in [1.29, 1.82) is 0 Å². The van der Waals surface area contributed by atoms with Gasteiger partial charge in [0.2, 0.25) is 0 Å². The molecule has 3 nitrogen and oxygen atoms in total. The molecule has 17 heavy (non-hydrogen) atoms. The summed E-state index contributed by atoms with van der Waals surface area (Å²) in [6.45, 7) is 6.05. The van der Waals surface area contributed by atoms with Gasteiger partial charge in [-0.05, 0) is 31.4 Å². The van der Waals surface area contributed by atoms with Gasteiger partial charge in [-0.25, -0.2) is 4.79 Å². The molecule has 0 aliphatic carbocycles. The maximum absolute atomic E-state index is 11.3. The van der Waals surface area contributed by atoms with Crippen molar-refractivity contribution >= 4 is 5.97 Å². The highest BCUT2D eigenvalue weighted by molar-refractivity contribution is 5.75. The van der Waals surface area contributed by atoms with Gasteiger partial charge in [-0.1, -0.05) is 31.5 Å². The van der Waals surface area contributed by atoms with E-state index in [4.69, 9.17) is 4.74 Å². The summed E-state index contributed by atoms with van der Waals surface area (Å²) in [5, 5.41) is 0. The molecule has 1 aromatic carbocycles. The first-order valence-electron chi connectivity index (χ1n) is 6.04. The van der Waals surface area contributed by atoms with Crippen molar-refractivity contribution in [1.82, 2.24) is 0 Å². The van der Waals surface area contributed by atoms with Crippen LogP contribution in [-0.2, 0) is 16.0 Å². The first-order valence-corrected chi connectivity index (χ1v) is 6.04. The first-order chi connectivity index (χ1) is 8.20. The van der Waals surface area contributed by atoms with Gasteiger partial charge in [0.25, 0.3) is 0 Å². The summed E-state index contributed by atoms with van der Waals surface area (Å²) >= 11 is 0. The van der Waals surface area contributed by atoms with Crippen molar-refractivity contribution in [3.8, 4) is 5.75 Å². The fourth-order valence-electron chi connectivity index (χ4n) is 1.81. The van der Waals surface area contributed by atoms with Crippen LogP contribution in [0.3, 0.4) is 0 Å². The van der Waals surface area contributed by atoms with Crippen LogP contribution in [0.25, 0.3) is 0 Å². The average Bonchev–Trinajstić information content (AvgIpc) is 2.39. The maximum atomic E-state index is 11.3. The third kappa shape index (κ3) is 3.22. The number of rotatable bonds is 1. The van der Waals surface area contributed by atoms with E-state index in [1.165, 1.54) is 18.2 Å². The number of methoxy groups -OCH3 is 1. The van der Waals surface area contributed by atoms with Gasteiger partial charge >= 0.3 is 5.97 Å². The SMILES string of the molecule is CC.COC(=O)C1CCc2cc(C)ccc2O1. The van der Waals surface area contributed by atoms with Gasteiger partial charge in [-0.2, -0.15) is 0 Å². The minimum atomic E-state index is -0.440. The zero-order chi connectivity index (χ0) is 12.8. The minimum Gasteiger partial charge on any atom is -0.478 e. The number of fused-ring (bicyclic) bond motifs is 1. The van der Waals surface area contributed by atoms with Crippen molar-refractivity contribution in [2.24, 2.45) is 0 Å². The molecule has 0 radical (unpaired) electrons. The Bertz CT molecular complexity index is 385. The minimum absolute atomic E-state index is 0.291. The summed E-state index contributed by atoms with van der Waals surface area (Å²) in [5.41, 5.74) is 2.39. The predicted molar refractivity (Wildman–Crippen MR) is 67.3 cm³/mol. The Kier molecular flexibility index (Phi) is 5.01. The quantitative estimate of drug-likeness (QED) is 0.703. The summed E-state index contributed by atoms with van der Waals surface area (Å²) in [7, 11) is 1.39. The highest BCUT2D eigenvalue weighted by atomic mass is 16.6. The molecule has 1 aliphatic rings. The Labute approximate surface area is 103 Å². The molecular weight excluding hydrogens is 216 g/mol. The number of aryl methyl sites for hydroxylation is 2. The van der Waals surface area contributed by atoms with E-state index in [0.717, 1.165) is 12.2 Å². The molecule has 0 saturated heterocycles. The molecule has 1 aromatic rings. The van der Waals surface area contributed by atoms with E-state index in [9.17, 15) is 4.79 Å². The molecule has 94 valence electrons. The monoisotopic (exact) mass is 236 g/mol. The Morgan fingerprint density at radius 1 is 1.41 bits per heavy atom. The number of esters is 1. The van der Waals surface area contributed by atoms with E-state index in [1.807, 2.05) is 32.9 Å². The van der Waals surface area contributed by atoms with Crippen molar-refractivity contribution in [3.63, 3.8) is 0 Å². The molecule has 0 spiro atoms. The summed E-state index contributed by atoms with van der Waals surface area (Å²) in [6.07, 6.45) is 1.13. The van der Waals surface area contributed by atoms with Crippen molar-refractivity contribution in [2.75, 3.05) is 7.11 Å². The average molecular weight is 236 g/mol. The van der Waals surface area contributed by atoms with Gasteiger partial charge in [0.1, 0.15) is 5.75 Å². The number of hydrogen-bond acceptors (Lipinski definition) is 3. The number of benzene rings is 1. The second-order valence-electron chi connectivity index (χ2n) is 3.78. The highest BCUT2D eigenvalue weighted by Gasteiger charge is 2.26. The van der Waals surface area contributed by atoms with Crippen LogP contribution >= 0.6 is 0 Å². The zero-order valence-corrected chi connectivity index (χ0v) is 10.9. The molecule has 0 fully saturated rings. The van der Waals surface area contributed by atoms with E-state index in [-0.39, 0.29) is 5.97 Å². The smallest absolute Gasteiger partial charge is 0.347 e. The van der Waals surface area contributed by atoms with Gasteiger partial charge < -0.3 is 9.47 Å². The molecule has 1 heterocycles. The molecule has 0 aromatic heterocycles. The van der Waals surface area contributed by atoms with Gasteiger partial charge in [-0.3, -0.25) is 0 Å². The van der Waals surface area contributed by atoms with Crippen LogP contribution in [0.5, 0.6) is 5.75 Å². The van der Waals surface area contributed by atoms with E-state index in [1.54, 1.807) is 0 Å². The van der Waals surface area contributed by atoms with Crippen molar-refractivity contribution in [2.45, 2.75) is 39.7 Å². The van der Waals surface area contributed by atoms with E-state index in [0.29, 0.717) is 6.42 Å². The molecule has 2 rings (SSSR count). The number of ether oxygens (including phenoxy) is 2. The lowest BCUT2D eigenvalue weighted by atomic mass is 10.0. The second-order valence-corrected chi connectivity index (χ2v) is 3.78. The summed E-state index contributed by atoms with van der Waals surface area (Å²) < 4.78 is 10.2. The molecule has 0 saturated carbocycles. The third-order valence-electron chi connectivity index (χ3n) is 2.63. The molecule has 0 bridgehead atoms. The lowest BCUT2D eigenvalue weighted by Gasteiger charge is -2.24. The molecule has 1 aliphatic heterocycles. The van der Waals surface area contributed by atoms with Gasteiger partial charge in [0.05, 0.1) is 7.11 Å². The maximum Gasteiger partial charge on any atom is 0.347 e. The van der Waals surface area contributed by atoms with Crippen LogP contribution in [0.4, 0.5) is 0 Å². The lowest BCUT2D eigenvalue weighted by molar-refractivity contribution is -0.149.